The minimum absolute atomic E-state index is 0.355. The van der Waals surface area contributed by atoms with Crippen LogP contribution in [0.1, 0.15) is 18.5 Å². The van der Waals surface area contributed by atoms with E-state index >= 15 is 0 Å². The van der Waals surface area contributed by atoms with Crippen molar-refractivity contribution in [2.45, 2.75) is 25.4 Å². The molecule has 1 aliphatic rings. The van der Waals surface area contributed by atoms with Crippen LogP contribution in [0.2, 0.25) is 0 Å². The molecule has 0 spiro atoms. The summed E-state index contributed by atoms with van der Waals surface area (Å²) in [4.78, 5) is 12.9. The molecule has 0 amide bonds. The molecule has 1 atom stereocenters. The lowest BCUT2D eigenvalue weighted by Gasteiger charge is -2.19. The van der Waals surface area contributed by atoms with E-state index in [2.05, 4.69) is 10.3 Å². The van der Waals surface area contributed by atoms with Crippen molar-refractivity contribution in [1.29, 1.82) is 0 Å². The highest BCUT2D eigenvalue weighted by Gasteiger charge is 2.30. The molecule has 0 unspecified atom stereocenters. The summed E-state index contributed by atoms with van der Waals surface area (Å²) in [5.74, 6) is -0.739. The first-order valence-electron chi connectivity index (χ1n) is 4.99. The lowest BCUT2D eigenvalue weighted by atomic mass is 10.2. The number of aryl methyl sites for hydroxylation is 1. The molecule has 0 radical (unpaired) electrons. The fraction of sp³-hybridized carbons (Fsp3) is 0.667. The molecule has 0 aromatic carbocycles. The van der Waals surface area contributed by atoms with Crippen molar-refractivity contribution in [2.75, 3.05) is 6.54 Å². The molecule has 0 aliphatic carbocycles. The third-order valence-electron chi connectivity index (χ3n) is 2.66. The number of carboxylic acids is 1. The number of carboxylic acid groups (broad SMARTS) is 1. The van der Waals surface area contributed by atoms with Gasteiger partial charge in [0.1, 0.15) is 6.04 Å². The Morgan fingerprint density at radius 1 is 1.73 bits per heavy atom. The van der Waals surface area contributed by atoms with Crippen LogP contribution in [0.5, 0.6) is 0 Å². The van der Waals surface area contributed by atoms with Gasteiger partial charge in [-0.25, -0.2) is 0 Å². The molecule has 1 aromatic heterocycles. The van der Waals surface area contributed by atoms with Crippen LogP contribution in [0.3, 0.4) is 0 Å². The average molecular weight is 210 g/mol. The number of hydrogen-bond acceptors (Lipinski definition) is 4. The highest BCUT2D eigenvalue weighted by atomic mass is 16.4. The van der Waals surface area contributed by atoms with Crippen molar-refractivity contribution in [3.05, 3.63) is 11.9 Å². The molecule has 0 bridgehead atoms. The number of nitrogens with zero attached hydrogens (tertiary/aromatic N) is 4. The largest absolute Gasteiger partial charge is 0.480 e. The smallest absolute Gasteiger partial charge is 0.320 e. The van der Waals surface area contributed by atoms with Gasteiger partial charge in [0.05, 0.1) is 5.69 Å². The standard InChI is InChI=1S/C9H14N4O2/c1-12-5-7(10-11-12)6-13-4-2-3-8(13)9(14)15/h5,8H,2-4,6H2,1H3,(H,14,15)/t8-/m0/s1. The van der Waals surface area contributed by atoms with Gasteiger partial charge in [0, 0.05) is 19.8 Å². The van der Waals surface area contributed by atoms with Crippen LogP contribution < -0.4 is 0 Å². The topological polar surface area (TPSA) is 71.2 Å². The fourth-order valence-corrected chi connectivity index (χ4v) is 1.97. The Labute approximate surface area is 87.5 Å². The van der Waals surface area contributed by atoms with Gasteiger partial charge in [0.25, 0.3) is 0 Å². The van der Waals surface area contributed by atoms with Gasteiger partial charge in [-0.05, 0) is 19.4 Å². The van der Waals surface area contributed by atoms with Crippen LogP contribution >= 0.6 is 0 Å². The monoisotopic (exact) mass is 210 g/mol. The zero-order chi connectivity index (χ0) is 10.8. The summed E-state index contributed by atoms with van der Waals surface area (Å²) >= 11 is 0. The molecular weight excluding hydrogens is 196 g/mol. The summed E-state index contributed by atoms with van der Waals surface area (Å²) in [5, 5.41) is 16.8. The van der Waals surface area contributed by atoms with E-state index < -0.39 is 5.97 Å². The zero-order valence-electron chi connectivity index (χ0n) is 8.63. The number of carbonyl (C=O) groups is 1. The van der Waals surface area contributed by atoms with E-state index in [1.54, 1.807) is 11.7 Å². The first-order valence-corrected chi connectivity index (χ1v) is 4.99. The van der Waals surface area contributed by atoms with Crippen LogP contribution in [0.15, 0.2) is 6.20 Å². The van der Waals surface area contributed by atoms with E-state index in [0.717, 1.165) is 25.1 Å². The van der Waals surface area contributed by atoms with Crippen molar-refractivity contribution in [1.82, 2.24) is 19.9 Å². The predicted octanol–water partition coefficient (Wildman–Crippen LogP) is -0.136. The summed E-state index contributed by atoms with van der Waals surface area (Å²) in [5.41, 5.74) is 0.825. The Hall–Kier alpha value is -1.43. The van der Waals surface area contributed by atoms with Gasteiger partial charge in [-0.1, -0.05) is 5.21 Å². The van der Waals surface area contributed by atoms with E-state index in [4.69, 9.17) is 5.11 Å². The second kappa shape index (κ2) is 3.98. The normalized spacial score (nSPS) is 22.1. The van der Waals surface area contributed by atoms with Gasteiger partial charge in [-0.3, -0.25) is 14.4 Å². The Kier molecular flexibility index (Phi) is 2.68. The van der Waals surface area contributed by atoms with Gasteiger partial charge in [0.2, 0.25) is 0 Å². The van der Waals surface area contributed by atoms with Crippen LogP contribution in [-0.4, -0.2) is 43.6 Å². The van der Waals surface area contributed by atoms with Crippen molar-refractivity contribution < 1.29 is 9.90 Å². The van der Waals surface area contributed by atoms with E-state index in [1.165, 1.54) is 0 Å². The lowest BCUT2D eigenvalue weighted by Crippen LogP contribution is -2.35. The number of hydrogen-bond donors (Lipinski definition) is 1. The van der Waals surface area contributed by atoms with Gasteiger partial charge >= 0.3 is 5.97 Å². The summed E-state index contributed by atoms with van der Waals surface area (Å²) in [6.07, 6.45) is 3.49. The van der Waals surface area contributed by atoms with E-state index in [0.29, 0.717) is 6.54 Å². The highest BCUT2D eigenvalue weighted by Crippen LogP contribution is 2.19. The SMILES string of the molecule is Cn1cc(CN2CCC[C@H]2C(=O)O)nn1. The van der Waals surface area contributed by atoms with Crippen molar-refractivity contribution >= 4 is 5.97 Å². The molecular formula is C9H14N4O2. The minimum Gasteiger partial charge on any atom is -0.480 e. The minimum atomic E-state index is -0.739. The molecule has 6 nitrogen and oxygen atoms in total. The third kappa shape index (κ3) is 2.15. The van der Waals surface area contributed by atoms with Gasteiger partial charge in [0.15, 0.2) is 0 Å². The van der Waals surface area contributed by atoms with Gasteiger partial charge in [-0.2, -0.15) is 0 Å². The van der Waals surface area contributed by atoms with Gasteiger partial charge < -0.3 is 5.11 Å². The van der Waals surface area contributed by atoms with Crippen LogP contribution in [0, 0.1) is 0 Å². The molecule has 6 heteroatoms. The first kappa shape index (κ1) is 10.1. The summed E-state index contributed by atoms with van der Waals surface area (Å²) < 4.78 is 1.63. The zero-order valence-corrected chi connectivity index (χ0v) is 8.63. The third-order valence-corrected chi connectivity index (χ3v) is 2.66. The predicted molar refractivity (Wildman–Crippen MR) is 52.1 cm³/mol. The van der Waals surface area contributed by atoms with Crippen LogP contribution in [-0.2, 0) is 18.4 Å². The maximum Gasteiger partial charge on any atom is 0.320 e. The molecule has 1 saturated heterocycles. The molecule has 15 heavy (non-hydrogen) atoms. The summed E-state index contributed by atoms with van der Waals surface area (Å²) in [6.45, 7) is 1.40. The van der Waals surface area contributed by atoms with E-state index in [9.17, 15) is 4.79 Å². The van der Waals surface area contributed by atoms with Crippen molar-refractivity contribution in [2.24, 2.45) is 7.05 Å². The Bertz CT molecular complexity index is 363. The van der Waals surface area contributed by atoms with Gasteiger partial charge in [-0.15, -0.1) is 5.10 Å². The maximum atomic E-state index is 10.9. The molecule has 1 N–H and O–H groups in total. The van der Waals surface area contributed by atoms with E-state index in [1.807, 2.05) is 11.1 Å². The van der Waals surface area contributed by atoms with Crippen LogP contribution in [0.25, 0.3) is 0 Å². The summed E-state index contributed by atoms with van der Waals surface area (Å²) in [6, 6.07) is -0.355. The van der Waals surface area contributed by atoms with Crippen molar-refractivity contribution in [3.63, 3.8) is 0 Å². The molecule has 2 heterocycles. The Morgan fingerprint density at radius 2 is 2.53 bits per heavy atom. The molecule has 0 saturated carbocycles. The second-order valence-electron chi connectivity index (χ2n) is 3.85. The quantitative estimate of drug-likeness (QED) is 0.752. The number of rotatable bonds is 3. The van der Waals surface area contributed by atoms with Crippen LogP contribution in [0.4, 0.5) is 0 Å². The average Bonchev–Trinajstić information content (AvgIpc) is 2.75. The summed E-state index contributed by atoms with van der Waals surface area (Å²) in [7, 11) is 1.80. The molecule has 82 valence electrons. The Balaban J connectivity index is 2.02. The Morgan fingerprint density at radius 3 is 3.13 bits per heavy atom. The highest BCUT2D eigenvalue weighted by molar-refractivity contribution is 5.73. The number of aliphatic carboxylic acids is 1. The van der Waals surface area contributed by atoms with Crippen molar-refractivity contribution in [3.8, 4) is 0 Å². The molecule has 1 aliphatic heterocycles. The molecule has 1 aromatic rings. The number of aromatic nitrogens is 3. The maximum absolute atomic E-state index is 10.9. The molecule has 2 rings (SSSR count). The fourth-order valence-electron chi connectivity index (χ4n) is 1.97. The molecule has 1 fully saturated rings. The lowest BCUT2D eigenvalue weighted by molar-refractivity contribution is -0.142. The first-order chi connectivity index (χ1) is 7.16. The second-order valence-corrected chi connectivity index (χ2v) is 3.85. The van der Waals surface area contributed by atoms with E-state index in [-0.39, 0.29) is 6.04 Å². The number of likely N-dealkylation sites (tertiary alicyclic amines) is 1.